The number of rotatable bonds is 4. The van der Waals surface area contributed by atoms with Crippen LogP contribution in [0.2, 0.25) is 0 Å². The maximum atomic E-state index is 9.75. The lowest BCUT2D eigenvalue weighted by Crippen LogP contribution is -2.24. The predicted molar refractivity (Wildman–Crippen MR) is 64.0 cm³/mol. The van der Waals surface area contributed by atoms with Gasteiger partial charge in [-0.2, -0.15) is 0 Å². The third kappa shape index (κ3) is 3.05. The van der Waals surface area contributed by atoms with Crippen LogP contribution in [-0.2, 0) is 6.42 Å². The Balaban J connectivity index is 3.00. The standard InChI is InChI=1S/C13H21NO/c1-9-6-5-7-12(8-10(2)14-4)13(9)11(3)15/h5-7,10-11,14-15H,8H2,1-4H3. The minimum Gasteiger partial charge on any atom is -0.389 e. The Labute approximate surface area is 92.3 Å². The third-order valence-electron chi connectivity index (χ3n) is 2.85. The number of aliphatic hydroxyl groups is 1. The van der Waals surface area contributed by atoms with Crippen molar-refractivity contribution in [2.45, 2.75) is 39.3 Å². The summed E-state index contributed by atoms with van der Waals surface area (Å²) in [6.07, 6.45) is 0.573. The fourth-order valence-corrected chi connectivity index (χ4v) is 1.95. The Morgan fingerprint density at radius 1 is 1.33 bits per heavy atom. The summed E-state index contributed by atoms with van der Waals surface area (Å²) in [5.41, 5.74) is 3.50. The van der Waals surface area contributed by atoms with Crippen molar-refractivity contribution in [1.29, 1.82) is 0 Å². The summed E-state index contributed by atoms with van der Waals surface area (Å²) in [6, 6.07) is 6.64. The first-order valence-electron chi connectivity index (χ1n) is 5.50. The molecular weight excluding hydrogens is 186 g/mol. The van der Waals surface area contributed by atoms with Crippen molar-refractivity contribution in [3.63, 3.8) is 0 Å². The van der Waals surface area contributed by atoms with Crippen LogP contribution >= 0.6 is 0 Å². The number of aliphatic hydroxyl groups excluding tert-OH is 1. The van der Waals surface area contributed by atoms with Gasteiger partial charge in [-0.05, 0) is 50.9 Å². The average Bonchev–Trinajstić information content (AvgIpc) is 2.17. The summed E-state index contributed by atoms with van der Waals surface area (Å²) in [6.45, 7) is 6.03. The van der Waals surface area contributed by atoms with Gasteiger partial charge in [-0.1, -0.05) is 18.2 Å². The van der Waals surface area contributed by atoms with Crippen LogP contribution in [0, 0.1) is 6.92 Å². The molecule has 0 amide bonds. The molecule has 15 heavy (non-hydrogen) atoms. The zero-order chi connectivity index (χ0) is 11.4. The Morgan fingerprint density at radius 2 is 2.00 bits per heavy atom. The average molecular weight is 207 g/mol. The highest BCUT2D eigenvalue weighted by Gasteiger charge is 2.12. The molecule has 0 saturated heterocycles. The van der Waals surface area contributed by atoms with Gasteiger partial charge in [0.2, 0.25) is 0 Å². The monoisotopic (exact) mass is 207 g/mol. The van der Waals surface area contributed by atoms with Gasteiger partial charge in [-0.15, -0.1) is 0 Å². The topological polar surface area (TPSA) is 32.3 Å². The number of likely N-dealkylation sites (N-methyl/N-ethyl adjacent to an activating group) is 1. The van der Waals surface area contributed by atoms with Crippen LogP contribution in [0.4, 0.5) is 0 Å². The second-order valence-electron chi connectivity index (χ2n) is 4.22. The van der Waals surface area contributed by atoms with E-state index in [1.165, 1.54) is 11.1 Å². The van der Waals surface area contributed by atoms with E-state index in [-0.39, 0.29) is 6.10 Å². The van der Waals surface area contributed by atoms with Crippen LogP contribution < -0.4 is 5.32 Å². The van der Waals surface area contributed by atoms with Crippen molar-refractivity contribution in [2.75, 3.05) is 7.05 Å². The van der Waals surface area contributed by atoms with Crippen LogP contribution in [0.15, 0.2) is 18.2 Å². The van der Waals surface area contributed by atoms with E-state index in [4.69, 9.17) is 0 Å². The first kappa shape index (κ1) is 12.2. The molecule has 2 nitrogen and oxygen atoms in total. The van der Waals surface area contributed by atoms with Gasteiger partial charge in [0.15, 0.2) is 0 Å². The fourth-order valence-electron chi connectivity index (χ4n) is 1.95. The molecule has 2 atom stereocenters. The molecule has 2 heteroatoms. The van der Waals surface area contributed by atoms with Crippen molar-refractivity contribution in [1.82, 2.24) is 5.32 Å². The van der Waals surface area contributed by atoms with Crippen molar-refractivity contribution >= 4 is 0 Å². The van der Waals surface area contributed by atoms with E-state index in [9.17, 15) is 5.11 Å². The highest BCUT2D eigenvalue weighted by Crippen LogP contribution is 2.22. The molecule has 0 aromatic heterocycles. The second kappa shape index (κ2) is 5.29. The van der Waals surface area contributed by atoms with Crippen molar-refractivity contribution in [3.05, 3.63) is 34.9 Å². The second-order valence-corrected chi connectivity index (χ2v) is 4.22. The minimum atomic E-state index is -0.384. The minimum absolute atomic E-state index is 0.384. The number of benzene rings is 1. The summed E-state index contributed by atoms with van der Waals surface area (Å²) >= 11 is 0. The molecule has 1 aromatic rings. The van der Waals surface area contributed by atoms with Gasteiger partial charge >= 0.3 is 0 Å². The third-order valence-corrected chi connectivity index (χ3v) is 2.85. The maximum absolute atomic E-state index is 9.75. The van der Waals surface area contributed by atoms with Crippen LogP contribution in [0.25, 0.3) is 0 Å². The van der Waals surface area contributed by atoms with E-state index < -0.39 is 0 Å². The summed E-state index contributed by atoms with van der Waals surface area (Å²) in [4.78, 5) is 0. The molecule has 84 valence electrons. The van der Waals surface area contributed by atoms with E-state index in [1.807, 2.05) is 14.0 Å². The fraction of sp³-hybridized carbons (Fsp3) is 0.538. The SMILES string of the molecule is CNC(C)Cc1cccc(C)c1C(C)O. The lowest BCUT2D eigenvalue weighted by molar-refractivity contribution is 0.197. The summed E-state index contributed by atoms with van der Waals surface area (Å²) in [7, 11) is 1.96. The molecule has 0 aliphatic rings. The van der Waals surface area contributed by atoms with Crippen LogP contribution in [0.3, 0.4) is 0 Å². The number of nitrogens with one attached hydrogen (secondary N) is 1. The van der Waals surface area contributed by atoms with Crippen molar-refractivity contribution in [3.8, 4) is 0 Å². The van der Waals surface area contributed by atoms with Gasteiger partial charge in [0.05, 0.1) is 6.10 Å². The lowest BCUT2D eigenvalue weighted by atomic mass is 9.94. The molecule has 0 saturated carbocycles. The van der Waals surface area contributed by atoms with E-state index in [1.54, 1.807) is 0 Å². The quantitative estimate of drug-likeness (QED) is 0.793. The highest BCUT2D eigenvalue weighted by molar-refractivity contribution is 5.36. The predicted octanol–water partition coefficient (Wildman–Crippen LogP) is 2.20. The Bertz CT molecular complexity index is 320. The zero-order valence-corrected chi connectivity index (χ0v) is 10.0. The molecule has 0 aliphatic carbocycles. The molecule has 0 radical (unpaired) electrons. The van der Waals surface area contributed by atoms with Gasteiger partial charge in [-0.25, -0.2) is 0 Å². The highest BCUT2D eigenvalue weighted by atomic mass is 16.3. The molecule has 2 unspecified atom stereocenters. The molecule has 0 bridgehead atoms. The van der Waals surface area contributed by atoms with Crippen molar-refractivity contribution < 1.29 is 5.11 Å². The summed E-state index contributed by atoms with van der Waals surface area (Å²) in [5.74, 6) is 0. The first-order valence-corrected chi connectivity index (χ1v) is 5.50. The number of aryl methyl sites for hydroxylation is 1. The van der Waals surface area contributed by atoms with E-state index >= 15 is 0 Å². The van der Waals surface area contributed by atoms with E-state index in [2.05, 4.69) is 37.4 Å². The molecule has 1 aromatic carbocycles. The zero-order valence-electron chi connectivity index (χ0n) is 10.0. The van der Waals surface area contributed by atoms with Gasteiger partial charge in [0.1, 0.15) is 0 Å². The molecule has 2 N–H and O–H groups in total. The number of hydrogen-bond acceptors (Lipinski definition) is 2. The summed E-state index contributed by atoms with van der Waals surface area (Å²) < 4.78 is 0. The largest absolute Gasteiger partial charge is 0.389 e. The van der Waals surface area contributed by atoms with Gasteiger partial charge in [0.25, 0.3) is 0 Å². The van der Waals surface area contributed by atoms with Crippen molar-refractivity contribution in [2.24, 2.45) is 0 Å². The van der Waals surface area contributed by atoms with Gasteiger partial charge < -0.3 is 10.4 Å². The van der Waals surface area contributed by atoms with E-state index in [0.717, 1.165) is 12.0 Å². The van der Waals surface area contributed by atoms with Crippen LogP contribution in [0.1, 0.15) is 36.6 Å². The molecule has 0 fully saturated rings. The van der Waals surface area contributed by atoms with Gasteiger partial charge in [-0.3, -0.25) is 0 Å². The molecule has 0 aliphatic heterocycles. The van der Waals surface area contributed by atoms with Crippen LogP contribution in [0.5, 0.6) is 0 Å². The molecule has 0 heterocycles. The number of hydrogen-bond donors (Lipinski definition) is 2. The Kier molecular flexibility index (Phi) is 4.30. The smallest absolute Gasteiger partial charge is 0.0767 e. The normalized spacial score (nSPS) is 15.0. The van der Waals surface area contributed by atoms with Crippen LogP contribution in [-0.4, -0.2) is 18.2 Å². The molecule has 1 rings (SSSR count). The lowest BCUT2D eigenvalue weighted by Gasteiger charge is -2.18. The Hall–Kier alpha value is -0.860. The first-order chi connectivity index (χ1) is 7.06. The molecular formula is C13H21NO. The van der Waals surface area contributed by atoms with Gasteiger partial charge in [0, 0.05) is 6.04 Å². The van der Waals surface area contributed by atoms with E-state index in [0.29, 0.717) is 6.04 Å². The molecule has 0 spiro atoms. The maximum Gasteiger partial charge on any atom is 0.0767 e. The summed E-state index contributed by atoms with van der Waals surface area (Å²) in [5, 5.41) is 13.0. The Morgan fingerprint density at radius 3 is 2.53 bits per heavy atom.